The van der Waals surface area contributed by atoms with Gasteiger partial charge in [-0.3, -0.25) is 24.1 Å². The van der Waals surface area contributed by atoms with E-state index in [1.165, 1.54) is 6.08 Å². The van der Waals surface area contributed by atoms with Crippen LogP contribution in [0.25, 0.3) is 0 Å². The summed E-state index contributed by atoms with van der Waals surface area (Å²) < 4.78 is 5.28. The first kappa shape index (κ1) is 36.1. The number of piperidine rings is 1. The highest BCUT2D eigenvalue weighted by molar-refractivity contribution is 5.98. The van der Waals surface area contributed by atoms with Crippen molar-refractivity contribution in [3.8, 4) is 5.75 Å². The molecule has 0 aromatic heterocycles. The van der Waals surface area contributed by atoms with Crippen LogP contribution < -0.4 is 20.7 Å². The number of benzene rings is 3. The molecule has 0 unspecified atom stereocenters. The molecule has 254 valence electrons. The highest BCUT2D eigenvalue weighted by Crippen LogP contribution is 2.20. The van der Waals surface area contributed by atoms with E-state index in [9.17, 15) is 19.2 Å². The highest BCUT2D eigenvalue weighted by atomic mass is 16.5. The largest absolute Gasteiger partial charge is 0.497 e. The van der Waals surface area contributed by atoms with Crippen LogP contribution in [0.3, 0.4) is 0 Å². The van der Waals surface area contributed by atoms with Crippen LogP contribution >= 0.6 is 0 Å². The van der Waals surface area contributed by atoms with Gasteiger partial charge in [-0.15, -0.1) is 0 Å². The van der Waals surface area contributed by atoms with Gasteiger partial charge >= 0.3 is 0 Å². The lowest BCUT2D eigenvalue weighted by atomic mass is 9.98. The minimum Gasteiger partial charge on any atom is -0.497 e. The van der Waals surface area contributed by atoms with Crippen LogP contribution in [-0.4, -0.2) is 66.7 Å². The first-order chi connectivity index (χ1) is 23.1. The standard InChI is InChI=1S/C39H48N4O5/c1-27(2)33(21-22-37(45)40-28(3)30-16-9-6-10-17-30)41-38(46)34(24-29-14-7-5-8-15-29)42-39(47)35-20-11-12-23-43(35)26-36(44)31-18-13-19-32(25-31)48-4/h5-10,13-19,21-22,25,27-28,33-35H,11-12,20,23-24,26H2,1-4H3,(H,40,45)(H,41,46)(H,42,47)/b22-21+/t28-,33+,34-,35-/m0/s1. The molecule has 0 bridgehead atoms. The third-order valence-electron chi connectivity index (χ3n) is 8.71. The third kappa shape index (κ3) is 10.6. The van der Waals surface area contributed by atoms with E-state index in [-0.39, 0.29) is 48.4 Å². The van der Waals surface area contributed by atoms with Crippen molar-refractivity contribution in [2.45, 2.75) is 70.6 Å². The molecule has 4 atom stereocenters. The molecule has 0 spiro atoms. The Morgan fingerprint density at radius 3 is 2.27 bits per heavy atom. The van der Waals surface area contributed by atoms with Crippen molar-refractivity contribution in [2.24, 2.45) is 5.92 Å². The Morgan fingerprint density at radius 1 is 0.875 bits per heavy atom. The smallest absolute Gasteiger partial charge is 0.244 e. The van der Waals surface area contributed by atoms with Gasteiger partial charge in [-0.05, 0) is 55.5 Å². The third-order valence-corrected chi connectivity index (χ3v) is 8.71. The topological polar surface area (TPSA) is 117 Å². The molecule has 3 N–H and O–H groups in total. The molecule has 1 aliphatic rings. The summed E-state index contributed by atoms with van der Waals surface area (Å²) >= 11 is 0. The SMILES string of the molecule is COc1cccc(C(=O)CN2CCCC[C@H]2C(=O)N[C@@H](Cc2ccccc2)C(=O)N[C@H](/C=C/C(=O)N[C@@H](C)c2ccccc2)C(C)C)c1. The van der Waals surface area contributed by atoms with Crippen molar-refractivity contribution in [2.75, 3.05) is 20.2 Å². The quantitative estimate of drug-likeness (QED) is 0.157. The summed E-state index contributed by atoms with van der Waals surface area (Å²) in [6.45, 7) is 6.54. The Labute approximate surface area is 284 Å². The molecule has 4 rings (SSSR count). The van der Waals surface area contributed by atoms with Gasteiger partial charge in [0.25, 0.3) is 0 Å². The van der Waals surface area contributed by atoms with Gasteiger partial charge in [0.2, 0.25) is 17.7 Å². The lowest BCUT2D eigenvalue weighted by Gasteiger charge is -2.35. The molecule has 1 aliphatic heterocycles. The number of carbonyl (C=O) groups is 4. The molecule has 0 aliphatic carbocycles. The van der Waals surface area contributed by atoms with Crippen molar-refractivity contribution < 1.29 is 23.9 Å². The van der Waals surface area contributed by atoms with Gasteiger partial charge in [-0.2, -0.15) is 0 Å². The number of rotatable bonds is 15. The van der Waals surface area contributed by atoms with Gasteiger partial charge in [0.15, 0.2) is 5.78 Å². The van der Waals surface area contributed by atoms with Crippen molar-refractivity contribution in [1.29, 1.82) is 0 Å². The monoisotopic (exact) mass is 652 g/mol. The zero-order valence-electron chi connectivity index (χ0n) is 28.4. The summed E-state index contributed by atoms with van der Waals surface area (Å²) in [6, 6.07) is 24.2. The molecule has 48 heavy (non-hydrogen) atoms. The maximum Gasteiger partial charge on any atom is 0.244 e. The van der Waals surface area contributed by atoms with Crippen LogP contribution in [0.15, 0.2) is 97.1 Å². The van der Waals surface area contributed by atoms with Crippen LogP contribution in [-0.2, 0) is 20.8 Å². The number of carbonyl (C=O) groups excluding carboxylic acids is 4. The summed E-state index contributed by atoms with van der Waals surface area (Å²) in [5, 5.41) is 9.05. The molecule has 9 nitrogen and oxygen atoms in total. The number of methoxy groups -OCH3 is 1. The van der Waals surface area contributed by atoms with Crippen LogP contribution in [0, 0.1) is 5.92 Å². The molecular formula is C39H48N4O5. The second kappa shape index (κ2) is 18.0. The van der Waals surface area contributed by atoms with Crippen LogP contribution in [0.1, 0.15) is 67.6 Å². The lowest BCUT2D eigenvalue weighted by molar-refractivity contribution is -0.133. The molecular weight excluding hydrogens is 604 g/mol. The second-order valence-electron chi connectivity index (χ2n) is 12.7. The molecule has 0 saturated carbocycles. The predicted molar refractivity (Wildman–Crippen MR) is 188 cm³/mol. The summed E-state index contributed by atoms with van der Waals surface area (Å²) in [6.07, 6.45) is 5.76. The molecule has 1 heterocycles. The Balaban J connectivity index is 1.45. The second-order valence-corrected chi connectivity index (χ2v) is 12.7. The lowest BCUT2D eigenvalue weighted by Crippen LogP contribution is -2.57. The number of nitrogens with zero attached hydrogens (tertiary/aromatic N) is 1. The zero-order chi connectivity index (χ0) is 34.5. The number of amides is 3. The molecule has 3 amide bonds. The van der Waals surface area contributed by atoms with Crippen molar-refractivity contribution in [3.05, 3.63) is 114 Å². The summed E-state index contributed by atoms with van der Waals surface area (Å²) in [5.74, 6) is -0.407. The van der Waals surface area contributed by atoms with Gasteiger partial charge in [0.1, 0.15) is 11.8 Å². The van der Waals surface area contributed by atoms with Gasteiger partial charge in [0.05, 0.1) is 25.7 Å². The molecule has 3 aromatic carbocycles. The van der Waals surface area contributed by atoms with Crippen LogP contribution in [0.2, 0.25) is 0 Å². The number of nitrogens with one attached hydrogen (secondary N) is 3. The van der Waals surface area contributed by atoms with Crippen molar-refractivity contribution in [1.82, 2.24) is 20.9 Å². The number of likely N-dealkylation sites (tertiary alicyclic amines) is 1. The fourth-order valence-corrected chi connectivity index (χ4v) is 5.86. The zero-order valence-corrected chi connectivity index (χ0v) is 28.4. The Bertz CT molecular complexity index is 1540. The number of ketones is 1. The van der Waals surface area contributed by atoms with E-state index in [0.29, 0.717) is 24.3 Å². The molecule has 1 fully saturated rings. The van der Waals surface area contributed by atoms with E-state index < -0.39 is 18.1 Å². The Morgan fingerprint density at radius 2 is 1.58 bits per heavy atom. The highest BCUT2D eigenvalue weighted by Gasteiger charge is 2.33. The average molecular weight is 653 g/mol. The van der Waals surface area contributed by atoms with Crippen LogP contribution in [0.4, 0.5) is 0 Å². The first-order valence-electron chi connectivity index (χ1n) is 16.7. The van der Waals surface area contributed by atoms with Gasteiger partial charge in [-0.1, -0.05) is 99.1 Å². The van der Waals surface area contributed by atoms with E-state index in [4.69, 9.17) is 4.74 Å². The van der Waals surface area contributed by atoms with E-state index in [1.54, 1.807) is 37.5 Å². The Kier molecular flexibility index (Phi) is 13.5. The minimum absolute atomic E-state index is 0.0194. The number of hydrogen-bond acceptors (Lipinski definition) is 6. The molecule has 1 saturated heterocycles. The van der Waals surface area contributed by atoms with Gasteiger partial charge in [0, 0.05) is 24.1 Å². The number of hydrogen-bond donors (Lipinski definition) is 3. The molecule has 3 aromatic rings. The summed E-state index contributed by atoms with van der Waals surface area (Å²) in [7, 11) is 1.56. The predicted octanol–water partition coefficient (Wildman–Crippen LogP) is 5.03. The maximum absolute atomic E-state index is 13.9. The average Bonchev–Trinajstić information content (AvgIpc) is 3.10. The van der Waals surface area contributed by atoms with Gasteiger partial charge in [-0.25, -0.2) is 0 Å². The van der Waals surface area contributed by atoms with E-state index in [1.807, 2.05) is 86.3 Å². The summed E-state index contributed by atoms with van der Waals surface area (Å²) in [4.78, 5) is 55.6. The first-order valence-corrected chi connectivity index (χ1v) is 16.7. The Hall–Kier alpha value is -4.76. The van der Waals surface area contributed by atoms with E-state index in [2.05, 4.69) is 16.0 Å². The van der Waals surface area contributed by atoms with E-state index in [0.717, 1.165) is 24.0 Å². The van der Waals surface area contributed by atoms with Crippen molar-refractivity contribution in [3.63, 3.8) is 0 Å². The van der Waals surface area contributed by atoms with Crippen LogP contribution in [0.5, 0.6) is 5.75 Å². The molecule has 0 radical (unpaired) electrons. The maximum atomic E-state index is 13.9. The van der Waals surface area contributed by atoms with Crippen molar-refractivity contribution >= 4 is 23.5 Å². The number of ether oxygens (including phenoxy) is 1. The number of Topliss-reactive ketones (excluding diaryl/α,β-unsaturated/α-hetero) is 1. The molecule has 9 heteroatoms. The fourth-order valence-electron chi connectivity index (χ4n) is 5.86. The summed E-state index contributed by atoms with van der Waals surface area (Å²) in [5.41, 5.74) is 2.42. The minimum atomic E-state index is -0.862. The van der Waals surface area contributed by atoms with E-state index >= 15 is 0 Å². The fraction of sp³-hybridized carbons (Fsp3) is 0.385. The normalized spacial score (nSPS) is 16.9. The van der Waals surface area contributed by atoms with Gasteiger partial charge < -0.3 is 20.7 Å².